The molecular formula is C22H29F2N5O2. The van der Waals surface area contributed by atoms with E-state index < -0.39 is 29.0 Å². The second-order valence-corrected chi connectivity index (χ2v) is 9.12. The van der Waals surface area contributed by atoms with Crippen LogP contribution in [-0.4, -0.2) is 52.4 Å². The van der Waals surface area contributed by atoms with E-state index in [-0.39, 0.29) is 29.0 Å². The predicted octanol–water partition coefficient (Wildman–Crippen LogP) is 2.55. The van der Waals surface area contributed by atoms with Gasteiger partial charge in [0.2, 0.25) is 5.91 Å². The van der Waals surface area contributed by atoms with Gasteiger partial charge in [-0.15, -0.1) is 0 Å². The van der Waals surface area contributed by atoms with Crippen molar-refractivity contribution in [2.24, 2.45) is 5.41 Å². The third-order valence-electron chi connectivity index (χ3n) is 5.71. The van der Waals surface area contributed by atoms with E-state index >= 15 is 0 Å². The number of fused-ring (bicyclic) bond motifs is 1. The number of hydrogen-bond acceptors (Lipinski definition) is 4. The van der Waals surface area contributed by atoms with Gasteiger partial charge in [0.1, 0.15) is 23.5 Å². The van der Waals surface area contributed by atoms with Crippen molar-refractivity contribution < 1.29 is 18.4 Å². The van der Waals surface area contributed by atoms with Crippen LogP contribution in [0.5, 0.6) is 0 Å². The van der Waals surface area contributed by atoms with E-state index in [2.05, 4.69) is 20.5 Å². The molecule has 1 aliphatic rings. The van der Waals surface area contributed by atoms with Crippen LogP contribution >= 0.6 is 0 Å². The van der Waals surface area contributed by atoms with Gasteiger partial charge in [-0.1, -0.05) is 20.8 Å². The maximum absolute atomic E-state index is 14.5. The van der Waals surface area contributed by atoms with Gasteiger partial charge >= 0.3 is 0 Å². The molecule has 1 aromatic carbocycles. The highest BCUT2D eigenvalue weighted by Gasteiger charge is 2.36. The standard InChI is InChI=1S/C22H29F2N5O2/c1-12-10-29-16(11-28(12)6)17(20(30)27-18(21(31)25-5)22(2,3)4)26-19(29)14-9-13(23)7-8-15(14)24/h7-9,12,18H,10-11H2,1-6H3,(H,25,31)(H,27,30). The minimum Gasteiger partial charge on any atom is -0.357 e. The third-order valence-corrected chi connectivity index (χ3v) is 5.71. The maximum Gasteiger partial charge on any atom is 0.272 e. The number of nitrogens with one attached hydrogen (secondary N) is 2. The van der Waals surface area contributed by atoms with E-state index in [1.807, 2.05) is 34.7 Å². The molecular weight excluding hydrogens is 404 g/mol. The lowest BCUT2D eigenvalue weighted by Gasteiger charge is -2.32. The summed E-state index contributed by atoms with van der Waals surface area (Å²) in [5, 5.41) is 5.35. The monoisotopic (exact) mass is 433 g/mol. The number of nitrogens with zero attached hydrogens (tertiary/aromatic N) is 3. The molecule has 0 bridgehead atoms. The molecule has 7 nitrogen and oxygen atoms in total. The van der Waals surface area contributed by atoms with Gasteiger partial charge in [-0.25, -0.2) is 13.8 Å². The summed E-state index contributed by atoms with van der Waals surface area (Å²) in [5.41, 5.74) is 0.158. The number of amides is 2. The van der Waals surface area contributed by atoms with Crippen LogP contribution in [0.15, 0.2) is 18.2 Å². The molecule has 2 aromatic rings. The van der Waals surface area contributed by atoms with Gasteiger partial charge in [0.05, 0.1) is 11.3 Å². The van der Waals surface area contributed by atoms with Gasteiger partial charge in [0, 0.05) is 26.2 Å². The lowest BCUT2D eigenvalue weighted by molar-refractivity contribution is -0.124. The number of benzene rings is 1. The van der Waals surface area contributed by atoms with Gasteiger partial charge in [0.25, 0.3) is 5.91 Å². The molecule has 168 valence electrons. The fourth-order valence-electron chi connectivity index (χ4n) is 3.71. The van der Waals surface area contributed by atoms with Crippen molar-refractivity contribution >= 4 is 11.8 Å². The molecule has 0 saturated heterocycles. The zero-order valence-corrected chi connectivity index (χ0v) is 18.7. The highest BCUT2D eigenvalue weighted by Crippen LogP contribution is 2.30. The molecule has 0 radical (unpaired) electrons. The Morgan fingerprint density at radius 3 is 2.55 bits per heavy atom. The number of likely N-dealkylation sites (N-methyl/N-ethyl adjacent to an activating group) is 2. The first-order valence-electron chi connectivity index (χ1n) is 10.2. The summed E-state index contributed by atoms with van der Waals surface area (Å²) in [7, 11) is 3.43. The lowest BCUT2D eigenvalue weighted by atomic mass is 9.86. The van der Waals surface area contributed by atoms with Crippen molar-refractivity contribution in [1.82, 2.24) is 25.1 Å². The Morgan fingerprint density at radius 1 is 1.26 bits per heavy atom. The quantitative estimate of drug-likeness (QED) is 0.777. The average Bonchev–Trinajstić information content (AvgIpc) is 3.05. The van der Waals surface area contributed by atoms with Crippen molar-refractivity contribution in [2.45, 2.75) is 52.9 Å². The van der Waals surface area contributed by atoms with Crippen LogP contribution in [-0.2, 0) is 17.9 Å². The second-order valence-electron chi connectivity index (χ2n) is 9.12. The molecule has 2 unspecified atom stereocenters. The van der Waals surface area contributed by atoms with E-state index in [1.165, 1.54) is 7.05 Å². The zero-order valence-electron chi connectivity index (χ0n) is 18.7. The van der Waals surface area contributed by atoms with Gasteiger partial charge in [-0.05, 0) is 37.6 Å². The predicted molar refractivity (Wildman–Crippen MR) is 113 cm³/mol. The van der Waals surface area contributed by atoms with Gasteiger partial charge in [0.15, 0.2) is 5.69 Å². The van der Waals surface area contributed by atoms with Crippen molar-refractivity contribution in [3.63, 3.8) is 0 Å². The summed E-state index contributed by atoms with van der Waals surface area (Å²) in [6.45, 7) is 8.43. The lowest BCUT2D eigenvalue weighted by Crippen LogP contribution is -2.53. The molecule has 0 aliphatic carbocycles. The Hall–Kier alpha value is -2.81. The topological polar surface area (TPSA) is 79.3 Å². The Balaban J connectivity index is 2.10. The molecule has 3 rings (SSSR count). The first-order valence-corrected chi connectivity index (χ1v) is 10.2. The van der Waals surface area contributed by atoms with Gasteiger partial charge in [-0.2, -0.15) is 0 Å². The highest BCUT2D eigenvalue weighted by molar-refractivity contribution is 5.98. The first-order chi connectivity index (χ1) is 14.4. The van der Waals surface area contributed by atoms with Crippen molar-refractivity contribution in [3.05, 3.63) is 41.2 Å². The van der Waals surface area contributed by atoms with Crippen LogP contribution in [0.1, 0.15) is 43.9 Å². The number of hydrogen-bond donors (Lipinski definition) is 2. The Bertz CT molecular complexity index is 1010. The minimum atomic E-state index is -0.794. The molecule has 2 N–H and O–H groups in total. The van der Waals surface area contributed by atoms with Crippen LogP contribution in [0.25, 0.3) is 11.4 Å². The fourth-order valence-corrected chi connectivity index (χ4v) is 3.71. The third kappa shape index (κ3) is 4.46. The van der Waals surface area contributed by atoms with E-state index in [0.717, 1.165) is 18.2 Å². The number of imidazole rings is 1. The van der Waals surface area contributed by atoms with Crippen LogP contribution in [0.4, 0.5) is 8.78 Å². The molecule has 1 aromatic heterocycles. The minimum absolute atomic E-state index is 0.00396. The normalized spacial score (nSPS) is 17.7. The van der Waals surface area contributed by atoms with E-state index in [9.17, 15) is 18.4 Å². The average molecular weight is 434 g/mol. The molecule has 2 heterocycles. The van der Waals surface area contributed by atoms with Crippen LogP contribution in [0.2, 0.25) is 0 Å². The summed E-state index contributed by atoms with van der Waals surface area (Å²) < 4.78 is 30.2. The van der Waals surface area contributed by atoms with Crippen LogP contribution < -0.4 is 10.6 Å². The summed E-state index contributed by atoms with van der Waals surface area (Å²) in [4.78, 5) is 32.1. The molecule has 2 amide bonds. The zero-order chi connectivity index (χ0) is 23.1. The molecule has 1 aliphatic heterocycles. The number of halogens is 2. The van der Waals surface area contributed by atoms with Gasteiger partial charge < -0.3 is 15.2 Å². The second kappa shape index (κ2) is 8.37. The molecule has 31 heavy (non-hydrogen) atoms. The summed E-state index contributed by atoms with van der Waals surface area (Å²) >= 11 is 0. The summed E-state index contributed by atoms with van der Waals surface area (Å²) in [5.74, 6) is -1.86. The molecule has 9 heteroatoms. The van der Waals surface area contributed by atoms with E-state index in [4.69, 9.17) is 0 Å². The van der Waals surface area contributed by atoms with Gasteiger partial charge in [-0.3, -0.25) is 14.5 Å². The van der Waals surface area contributed by atoms with Crippen molar-refractivity contribution in [1.29, 1.82) is 0 Å². The van der Waals surface area contributed by atoms with Crippen molar-refractivity contribution in [2.75, 3.05) is 14.1 Å². The molecule has 0 spiro atoms. The molecule has 0 fully saturated rings. The SMILES string of the molecule is CNC(=O)C(NC(=O)c1nc(-c2cc(F)ccc2F)n2c1CN(C)C(C)C2)C(C)(C)C. The Labute approximate surface area is 180 Å². The van der Waals surface area contributed by atoms with Crippen LogP contribution in [0, 0.1) is 17.0 Å². The molecule has 0 saturated carbocycles. The number of carbonyl (C=O) groups is 2. The molecule has 2 atom stereocenters. The number of carbonyl (C=O) groups excluding carboxylic acids is 2. The largest absolute Gasteiger partial charge is 0.357 e. The van der Waals surface area contributed by atoms with Crippen molar-refractivity contribution in [3.8, 4) is 11.4 Å². The highest BCUT2D eigenvalue weighted by atomic mass is 19.1. The number of aromatic nitrogens is 2. The summed E-state index contributed by atoms with van der Waals surface area (Å²) in [6, 6.07) is 2.49. The van der Waals surface area contributed by atoms with E-state index in [1.54, 1.807) is 4.57 Å². The van der Waals surface area contributed by atoms with Crippen LogP contribution in [0.3, 0.4) is 0 Å². The first kappa shape index (κ1) is 22.9. The fraction of sp³-hybridized carbons (Fsp3) is 0.500. The Morgan fingerprint density at radius 2 is 1.94 bits per heavy atom. The maximum atomic E-state index is 14.5. The Kier molecular flexibility index (Phi) is 6.18. The van der Waals surface area contributed by atoms with E-state index in [0.29, 0.717) is 18.8 Å². The summed E-state index contributed by atoms with van der Waals surface area (Å²) in [6.07, 6.45) is 0. The number of rotatable bonds is 4. The smallest absolute Gasteiger partial charge is 0.272 e.